The molecule has 2 aromatic rings. The summed E-state index contributed by atoms with van der Waals surface area (Å²) in [4.78, 5) is 44.6. The zero-order chi connectivity index (χ0) is 19.9. The van der Waals surface area contributed by atoms with E-state index in [9.17, 15) is 35.1 Å². The Bertz CT molecular complexity index is 1030. The fraction of sp³-hybridized carbons (Fsp3) is 0.0625. The molecular formula is C16H10N4O7. The number of nitro groups is 3. The Kier molecular flexibility index (Phi) is 4.12. The molecule has 2 aromatic carbocycles. The Morgan fingerprint density at radius 3 is 2.00 bits per heavy atom. The van der Waals surface area contributed by atoms with Gasteiger partial charge in [0.1, 0.15) is 5.56 Å². The number of amides is 1. The monoisotopic (exact) mass is 370 g/mol. The van der Waals surface area contributed by atoms with Crippen molar-refractivity contribution >= 4 is 40.3 Å². The van der Waals surface area contributed by atoms with Crippen LogP contribution in [-0.4, -0.2) is 27.7 Å². The number of hydrogen-bond donors (Lipinski definition) is 0. The van der Waals surface area contributed by atoms with E-state index in [4.69, 9.17) is 0 Å². The molecule has 0 aliphatic carbocycles. The van der Waals surface area contributed by atoms with E-state index in [1.807, 2.05) is 0 Å². The van der Waals surface area contributed by atoms with Crippen LogP contribution in [0.5, 0.6) is 0 Å². The van der Waals surface area contributed by atoms with Crippen molar-refractivity contribution in [3.63, 3.8) is 0 Å². The molecule has 1 amide bonds. The number of para-hydroxylation sites is 1. The number of rotatable bonds is 4. The molecule has 136 valence electrons. The summed E-state index contributed by atoms with van der Waals surface area (Å²) in [7, 11) is 1.50. The lowest BCUT2D eigenvalue weighted by atomic mass is 10.0. The van der Waals surface area contributed by atoms with Gasteiger partial charge in [-0.25, -0.2) is 0 Å². The molecule has 0 saturated heterocycles. The van der Waals surface area contributed by atoms with Gasteiger partial charge in [-0.15, -0.1) is 0 Å². The molecule has 0 spiro atoms. The van der Waals surface area contributed by atoms with Crippen molar-refractivity contribution in [2.24, 2.45) is 0 Å². The maximum Gasteiger partial charge on any atom is 0.290 e. The molecular weight excluding hydrogens is 360 g/mol. The van der Waals surface area contributed by atoms with Crippen molar-refractivity contribution in [1.29, 1.82) is 0 Å². The van der Waals surface area contributed by atoms with Gasteiger partial charge < -0.3 is 4.90 Å². The van der Waals surface area contributed by atoms with E-state index in [0.717, 1.165) is 6.08 Å². The molecule has 0 unspecified atom stereocenters. The molecule has 1 aliphatic rings. The van der Waals surface area contributed by atoms with Gasteiger partial charge in [-0.05, 0) is 12.1 Å². The van der Waals surface area contributed by atoms with E-state index in [1.54, 1.807) is 24.3 Å². The molecule has 0 fully saturated rings. The first-order valence-electron chi connectivity index (χ1n) is 7.42. The van der Waals surface area contributed by atoms with Gasteiger partial charge >= 0.3 is 0 Å². The van der Waals surface area contributed by atoms with E-state index in [-0.39, 0.29) is 5.57 Å². The summed E-state index contributed by atoms with van der Waals surface area (Å²) in [6.07, 6.45) is 1.03. The number of carbonyl (C=O) groups is 1. The maximum absolute atomic E-state index is 12.5. The standard InChI is InChI=1S/C16H10N4O7/c1-17-13-5-3-2-4-10(13)11(16(17)21)8-12-14(19(24)25)6-9(18(22)23)7-15(12)20(26)27/h2-8H,1H3/b11-8+. The average molecular weight is 370 g/mol. The summed E-state index contributed by atoms with van der Waals surface area (Å²) in [5.41, 5.74) is -1.91. The molecule has 1 aliphatic heterocycles. The van der Waals surface area contributed by atoms with Crippen LogP contribution in [0.15, 0.2) is 36.4 Å². The van der Waals surface area contributed by atoms with E-state index < -0.39 is 43.3 Å². The predicted octanol–water partition coefficient (Wildman–Crippen LogP) is 2.93. The fourth-order valence-corrected chi connectivity index (χ4v) is 2.85. The van der Waals surface area contributed by atoms with Crippen molar-refractivity contribution in [2.45, 2.75) is 0 Å². The molecule has 27 heavy (non-hydrogen) atoms. The normalized spacial score (nSPS) is 14.3. The average Bonchev–Trinajstić information content (AvgIpc) is 2.86. The Hall–Kier alpha value is -4.15. The van der Waals surface area contributed by atoms with Crippen molar-refractivity contribution in [2.75, 3.05) is 11.9 Å². The van der Waals surface area contributed by atoms with Crippen LogP contribution in [0.1, 0.15) is 11.1 Å². The second-order valence-corrected chi connectivity index (χ2v) is 5.61. The highest BCUT2D eigenvalue weighted by Gasteiger charge is 2.34. The summed E-state index contributed by atoms with van der Waals surface area (Å²) in [6.45, 7) is 0. The molecule has 0 bridgehead atoms. The number of non-ortho nitro benzene ring substituents is 1. The van der Waals surface area contributed by atoms with Crippen molar-refractivity contribution in [3.05, 3.63) is 77.9 Å². The molecule has 1 heterocycles. The Morgan fingerprint density at radius 2 is 1.48 bits per heavy atom. The smallest absolute Gasteiger partial charge is 0.290 e. The molecule has 0 N–H and O–H groups in total. The minimum absolute atomic E-state index is 0.0214. The van der Waals surface area contributed by atoms with Gasteiger partial charge in [0.15, 0.2) is 0 Å². The van der Waals surface area contributed by atoms with E-state index in [1.165, 1.54) is 11.9 Å². The summed E-state index contributed by atoms with van der Waals surface area (Å²) in [5, 5.41) is 33.7. The van der Waals surface area contributed by atoms with Crippen LogP contribution in [0, 0.1) is 30.3 Å². The van der Waals surface area contributed by atoms with Crippen LogP contribution in [0.2, 0.25) is 0 Å². The van der Waals surface area contributed by atoms with Crippen molar-refractivity contribution in [1.82, 2.24) is 0 Å². The summed E-state index contributed by atoms with van der Waals surface area (Å²) < 4.78 is 0. The highest BCUT2D eigenvalue weighted by molar-refractivity contribution is 6.35. The van der Waals surface area contributed by atoms with Gasteiger partial charge in [-0.2, -0.15) is 0 Å². The van der Waals surface area contributed by atoms with Crippen LogP contribution < -0.4 is 4.90 Å². The molecule has 3 rings (SSSR count). The van der Waals surface area contributed by atoms with Gasteiger partial charge in [-0.3, -0.25) is 35.1 Å². The first-order chi connectivity index (χ1) is 12.7. The van der Waals surface area contributed by atoms with Crippen molar-refractivity contribution in [3.8, 4) is 0 Å². The van der Waals surface area contributed by atoms with Crippen LogP contribution in [0.25, 0.3) is 11.6 Å². The lowest BCUT2D eigenvalue weighted by Gasteiger charge is -2.08. The number of hydrogen-bond acceptors (Lipinski definition) is 7. The van der Waals surface area contributed by atoms with E-state index >= 15 is 0 Å². The zero-order valence-corrected chi connectivity index (χ0v) is 13.7. The highest BCUT2D eigenvalue weighted by Crippen LogP contribution is 2.41. The summed E-state index contributed by atoms with van der Waals surface area (Å²) in [6, 6.07) is 7.88. The van der Waals surface area contributed by atoms with Gasteiger partial charge in [0.2, 0.25) is 0 Å². The van der Waals surface area contributed by atoms with Crippen molar-refractivity contribution < 1.29 is 19.6 Å². The number of nitro benzene ring substituents is 3. The number of carbonyl (C=O) groups excluding carboxylic acids is 1. The lowest BCUT2D eigenvalue weighted by molar-refractivity contribution is -0.403. The predicted molar refractivity (Wildman–Crippen MR) is 94.1 cm³/mol. The second-order valence-electron chi connectivity index (χ2n) is 5.61. The Balaban J connectivity index is 2.33. The summed E-state index contributed by atoms with van der Waals surface area (Å²) >= 11 is 0. The van der Waals surface area contributed by atoms with E-state index in [0.29, 0.717) is 23.4 Å². The maximum atomic E-state index is 12.5. The fourth-order valence-electron chi connectivity index (χ4n) is 2.85. The minimum atomic E-state index is -0.958. The first-order valence-corrected chi connectivity index (χ1v) is 7.42. The number of benzene rings is 2. The zero-order valence-electron chi connectivity index (χ0n) is 13.7. The Labute approximate surface area is 150 Å². The van der Waals surface area contributed by atoms with Crippen LogP contribution in [-0.2, 0) is 4.79 Å². The second kappa shape index (κ2) is 6.29. The number of nitrogens with zero attached hydrogens (tertiary/aromatic N) is 4. The summed E-state index contributed by atoms with van der Waals surface area (Å²) in [5.74, 6) is -0.502. The third-order valence-electron chi connectivity index (χ3n) is 4.10. The number of likely N-dealkylation sites (N-methyl/N-ethyl adjacent to an activating group) is 1. The van der Waals surface area contributed by atoms with Gasteiger partial charge in [0.25, 0.3) is 23.0 Å². The van der Waals surface area contributed by atoms with Gasteiger partial charge in [0.05, 0.1) is 38.2 Å². The van der Waals surface area contributed by atoms with Gasteiger partial charge in [-0.1, -0.05) is 18.2 Å². The highest BCUT2D eigenvalue weighted by atomic mass is 16.6. The number of anilines is 1. The van der Waals surface area contributed by atoms with Crippen LogP contribution >= 0.6 is 0 Å². The lowest BCUT2D eigenvalue weighted by Crippen LogP contribution is -2.20. The molecule has 0 aromatic heterocycles. The molecule has 11 heteroatoms. The van der Waals surface area contributed by atoms with Crippen LogP contribution in [0.4, 0.5) is 22.7 Å². The topological polar surface area (TPSA) is 150 Å². The van der Waals surface area contributed by atoms with Crippen LogP contribution in [0.3, 0.4) is 0 Å². The Morgan fingerprint density at radius 1 is 0.926 bits per heavy atom. The molecule has 11 nitrogen and oxygen atoms in total. The minimum Gasteiger partial charge on any atom is -0.311 e. The SMILES string of the molecule is CN1C(=O)/C(=C/c2c([N+](=O)[O-])cc([N+](=O)[O-])cc2[N+](=O)[O-])c2ccccc21. The number of fused-ring (bicyclic) bond motifs is 1. The largest absolute Gasteiger partial charge is 0.311 e. The first kappa shape index (κ1) is 17.7. The van der Waals surface area contributed by atoms with E-state index in [2.05, 4.69) is 0 Å². The third-order valence-corrected chi connectivity index (χ3v) is 4.10. The molecule has 0 atom stereocenters. The molecule has 0 radical (unpaired) electrons. The molecule has 0 saturated carbocycles. The van der Waals surface area contributed by atoms with Gasteiger partial charge in [0, 0.05) is 12.6 Å². The quantitative estimate of drug-likeness (QED) is 0.456. The third kappa shape index (κ3) is 2.86.